The third-order valence-electron chi connectivity index (χ3n) is 2.32. The van der Waals surface area contributed by atoms with E-state index >= 15 is 0 Å². The maximum Gasteiger partial charge on any atom is 0.161 e. The molecule has 0 aliphatic carbocycles. The standard InChI is InChI=1S/C12H13N2O2/c1-15-10-4-3-9(7-11(10)16-2)8-12-13-5-6-14-12/h3-5,7H,8H2,1-2H3,(H,13,14). The fourth-order valence-corrected chi connectivity index (χ4v) is 1.53. The summed E-state index contributed by atoms with van der Waals surface area (Å²) in [6, 6.07) is 5.83. The first-order valence-corrected chi connectivity index (χ1v) is 4.94. The number of imidazole rings is 1. The lowest BCUT2D eigenvalue weighted by molar-refractivity contribution is 0.354. The van der Waals surface area contributed by atoms with Gasteiger partial charge < -0.3 is 14.5 Å². The van der Waals surface area contributed by atoms with Crippen LogP contribution >= 0.6 is 0 Å². The normalized spacial score (nSPS) is 10.1. The summed E-state index contributed by atoms with van der Waals surface area (Å²) in [5.41, 5.74) is 1.11. The quantitative estimate of drug-likeness (QED) is 0.849. The fraction of sp³-hybridized carbons (Fsp3) is 0.250. The van der Waals surface area contributed by atoms with Crippen molar-refractivity contribution in [1.29, 1.82) is 0 Å². The van der Waals surface area contributed by atoms with Crippen molar-refractivity contribution in [3.05, 3.63) is 42.0 Å². The molecule has 0 fully saturated rings. The molecule has 0 aliphatic heterocycles. The summed E-state index contributed by atoms with van der Waals surface area (Å²) in [5.74, 6) is 2.35. The second kappa shape index (κ2) is 4.70. The molecule has 1 aromatic carbocycles. The van der Waals surface area contributed by atoms with Crippen molar-refractivity contribution < 1.29 is 9.47 Å². The van der Waals surface area contributed by atoms with E-state index in [0.29, 0.717) is 0 Å². The number of hydrogen-bond donors (Lipinski definition) is 1. The summed E-state index contributed by atoms with van der Waals surface area (Å²) < 4.78 is 10.4. The van der Waals surface area contributed by atoms with Crippen molar-refractivity contribution in [3.8, 4) is 11.5 Å². The molecule has 1 N–H and O–H groups in total. The number of nitrogens with one attached hydrogen (secondary N) is 1. The average molecular weight is 217 g/mol. The molecule has 0 bridgehead atoms. The minimum absolute atomic E-state index is 0.726. The van der Waals surface area contributed by atoms with Crippen molar-refractivity contribution in [2.24, 2.45) is 0 Å². The lowest BCUT2D eigenvalue weighted by atomic mass is 10.1. The number of nitrogens with zero attached hydrogens (tertiary/aromatic N) is 1. The number of H-pyrrole nitrogens is 1. The molecule has 4 heteroatoms. The molecule has 0 unspecified atom stereocenters. The van der Waals surface area contributed by atoms with Crippen LogP contribution in [0.4, 0.5) is 0 Å². The highest BCUT2D eigenvalue weighted by Gasteiger charge is 2.05. The average Bonchev–Trinajstić information content (AvgIpc) is 2.81. The van der Waals surface area contributed by atoms with Gasteiger partial charge in [-0.05, 0) is 17.7 Å². The van der Waals surface area contributed by atoms with Crippen LogP contribution in [-0.2, 0) is 6.42 Å². The van der Waals surface area contributed by atoms with Gasteiger partial charge in [-0.2, -0.15) is 0 Å². The van der Waals surface area contributed by atoms with Crippen LogP contribution in [0.25, 0.3) is 0 Å². The van der Waals surface area contributed by atoms with Gasteiger partial charge in [-0.3, -0.25) is 0 Å². The van der Waals surface area contributed by atoms with E-state index in [0.717, 1.165) is 29.3 Å². The Morgan fingerprint density at radius 3 is 2.69 bits per heavy atom. The molecule has 2 rings (SSSR count). The Morgan fingerprint density at radius 1 is 1.25 bits per heavy atom. The Kier molecular flexibility index (Phi) is 3.10. The number of methoxy groups -OCH3 is 2. The third-order valence-corrected chi connectivity index (χ3v) is 2.32. The van der Waals surface area contributed by atoms with Crippen molar-refractivity contribution in [1.82, 2.24) is 9.97 Å². The topological polar surface area (TPSA) is 47.1 Å². The Hall–Kier alpha value is -1.97. The van der Waals surface area contributed by atoms with Crippen LogP contribution < -0.4 is 9.47 Å². The molecule has 0 aliphatic rings. The summed E-state index contributed by atoms with van der Waals surface area (Å²) in [6.07, 6.45) is 5.16. The minimum Gasteiger partial charge on any atom is -0.493 e. The molecule has 83 valence electrons. The molecule has 1 heterocycles. The number of hydrogen-bond acceptors (Lipinski definition) is 3. The van der Waals surface area contributed by atoms with Crippen LogP contribution in [0.2, 0.25) is 0 Å². The zero-order valence-corrected chi connectivity index (χ0v) is 9.28. The van der Waals surface area contributed by atoms with Crippen LogP contribution in [0.15, 0.2) is 24.4 Å². The Labute approximate surface area is 94.2 Å². The van der Waals surface area contributed by atoms with E-state index in [1.54, 1.807) is 20.4 Å². The first-order valence-electron chi connectivity index (χ1n) is 4.94. The van der Waals surface area contributed by atoms with Gasteiger partial charge in [0, 0.05) is 12.6 Å². The van der Waals surface area contributed by atoms with Gasteiger partial charge in [0.1, 0.15) is 12.0 Å². The van der Waals surface area contributed by atoms with Gasteiger partial charge >= 0.3 is 0 Å². The van der Waals surface area contributed by atoms with Gasteiger partial charge in [-0.25, -0.2) is 4.98 Å². The highest BCUT2D eigenvalue weighted by molar-refractivity contribution is 5.43. The number of ether oxygens (including phenoxy) is 2. The van der Waals surface area contributed by atoms with Crippen molar-refractivity contribution in [2.75, 3.05) is 14.2 Å². The van der Waals surface area contributed by atoms with Crippen molar-refractivity contribution >= 4 is 0 Å². The van der Waals surface area contributed by atoms with Gasteiger partial charge in [0.25, 0.3) is 0 Å². The zero-order valence-electron chi connectivity index (χ0n) is 9.28. The van der Waals surface area contributed by atoms with Gasteiger partial charge in [0.15, 0.2) is 11.5 Å². The predicted molar refractivity (Wildman–Crippen MR) is 59.8 cm³/mol. The summed E-state index contributed by atoms with van der Waals surface area (Å²) in [6.45, 7) is 0. The van der Waals surface area contributed by atoms with E-state index in [1.807, 2.05) is 18.2 Å². The molecular weight excluding hydrogens is 204 g/mol. The summed E-state index contributed by atoms with van der Waals surface area (Å²) in [7, 11) is 3.25. The van der Waals surface area contributed by atoms with Crippen molar-refractivity contribution in [2.45, 2.75) is 6.42 Å². The molecular formula is C12H13N2O2. The zero-order chi connectivity index (χ0) is 11.4. The maximum atomic E-state index is 5.23. The van der Waals surface area contributed by atoms with E-state index in [-0.39, 0.29) is 0 Å². The molecule has 0 saturated carbocycles. The number of aromatic nitrogens is 2. The van der Waals surface area contributed by atoms with Crippen LogP contribution in [0.1, 0.15) is 11.4 Å². The highest BCUT2D eigenvalue weighted by atomic mass is 16.5. The van der Waals surface area contributed by atoms with Crippen LogP contribution in [0.5, 0.6) is 11.5 Å². The molecule has 1 aromatic heterocycles. The Balaban J connectivity index is 2.22. The van der Waals surface area contributed by atoms with Crippen LogP contribution in [0, 0.1) is 6.20 Å². The third kappa shape index (κ3) is 2.16. The number of benzene rings is 1. The molecule has 0 spiro atoms. The Bertz CT molecular complexity index is 452. The lowest BCUT2D eigenvalue weighted by Gasteiger charge is -2.08. The Morgan fingerprint density at radius 2 is 2.06 bits per heavy atom. The SMILES string of the molecule is COc1ccc(Cc2n[c]c[nH]2)cc1OC. The summed E-state index contributed by atoms with van der Waals surface area (Å²) >= 11 is 0. The smallest absolute Gasteiger partial charge is 0.161 e. The lowest BCUT2D eigenvalue weighted by Crippen LogP contribution is -1.94. The molecule has 0 atom stereocenters. The molecule has 2 aromatic rings. The predicted octanol–water partition coefficient (Wildman–Crippen LogP) is 1.82. The van der Waals surface area contributed by atoms with Gasteiger partial charge in [0.2, 0.25) is 0 Å². The molecule has 16 heavy (non-hydrogen) atoms. The van der Waals surface area contributed by atoms with Gasteiger partial charge in [0.05, 0.1) is 14.2 Å². The largest absolute Gasteiger partial charge is 0.493 e. The van der Waals surface area contributed by atoms with E-state index < -0.39 is 0 Å². The highest BCUT2D eigenvalue weighted by Crippen LogP contribution is 2.28. The number of aromatic amines is 1. The first kappa shape index (κ1) is 10.5. The van der Waals surface area contributed by atoms with E-state index in [9.17, 15) is 0 Å². The number of rotatable bonds is 4. The van der Waals surface area contributed by atoms with Crippen LogP contribution in [-0.4, -0.2) is 24.2 Å². The second-order valence-corrected chi connectivity index (χ2v) is 3.34. The summed E-state index contributed by atoms with van der Waals surface area (Å²) in [5, 5.41) is 0. The maximum absolute atomic E-state index is 5.23. The van der Waals surface area contributed by atoms with E-state index in [1.165, 1.54) is 0 Å². The van der Waals surface area contributed by atoms with Gasteiger partial charge in [-0.1, -0.05) is 6.07 Å². The monoisotopic (exact) mass is 217 g/mol. The molecule has 4 nitrogen and oxygen atoms in total. The van der Waals surface area contributed by atoms with E-state index in [4.69, 9.17) is 9.47 Å². The molecule has 0 saturated heterocycles. The van der Waals surface area contributed by atoms with E-state index in [2.05, 4.69) is 16.2 Å². The van der Waals surface area contributed by atoms with Crippen LogP contribution in [0.3, 0.4) is 0 Å². The van der Waals surface area contributed by atoms with Gasteiger partial charge in [-0.15, -0.1) is 0 Å². The van der Waals surface area contributed by atoms with Crippen molar-refractivity contribution in [3.63, 3.8) is 0 Å². The molecule has 0 amide bonds. The molecule has 1 radical (unpaired) electrons. The summed E-state index contributed by atoms with van der Waals surface area (Å²) in [4.78, 5) is 7.07. The fourth-order valence-electron chi connectivity index (χ4n) is 1.53. The first-order chi connectivity index (χ1) is 7.83. The second-order valence-electron chi connectivity index (χ2n) is 3.34. The minimum atomic E-state index is 0.726.